The van der Waals surface area contributed by atoms with E-state index in [4.69, 9.17) is 0 Å². The van der Waals surface area contributed by atoms with Crippen LogP contribution in [0.4, 0.5) is 0 Å². The maximum atomic E-state index is 12.2. The fraction of sp³-hybridized carbons (Fsp3) is 0.929. The first-order chi connectivity index (χ1) is 8.84. The SMILES string of the molecule is O=C(NC1CCN2CCCCC12)[C@@H]1CCCCN1. The summed E-state index contributed by atoms with van der Waals surface area (Å²) in [6, 6.07) is 1.09. The van der Waals surface area contributed by atoms with Gasteiger partial charge in [0.1, 0.15) is 0 Å². The molecule has 3 aliphatic heterocycles. The number of piperidine rings is 2. The van der Waals surface area contributed by atoms with Crippen molar-refractivity contribution in [2.75, 3.05) is 19.6 Å². The summed E-state index contributed by atoms with van der Waals surface area (Å²) < 4.78 is 0. The first kappa shape index (κ1) is 12.4. The Kier molecular flexibility index (Phi) is 3.85. The first-order valence-corrected chi connectivity index (χ1v) is 7.62. The minimum absolute atomic E-state index is 0.0661. The monoisotopic (exact) mass is 251 g/mol. The van der Waals surface area contributed by atoms with Gasteiger partial charge in [0.25, 0.3) is 0 Å². The fourth-order valence-electron chi connectivity index (χ4n) is 3.77. The molecule has 3 rings (SSSR count). The second-order valence-corrected chi connectivity index (χ2v) is 6.01. The molecule has 3 fully saturated rings. The van der Waals surface area contributed by atoms with E-state index in [0.29, 0.717) is 12.1 Å². The van der Waals surface area contributed by atoms with Crippen LogP contribution in [0.1, 0.15) is 44.9 Å². The molecule has 4 nitrogen and oxygen atoms in total. The normalized spacial score (nSPS) is 37.2. The quantitative estimate of drug-likeness (QED) is 0.765. The van der Waals surface area contributed by atoms with Crippen LogP contribution in [-0.4, -0.2) is 48.6 Å². The third-order valence-electron chi connectivity index (χ3n) is 4.81. The molecule has 0 aliphatic carbocycles. The Morgan fingerprint density at radius 3 is 2.78 bits per heavy atom. The van der Waals surface area contributed by atoms with Gasteiger partial charge in [-0.3, -0.25) is 9.69 Å². The Labute approximate surface area is 109 Å². The lowest BCUT2D eigenvalue weighted by Crippen LogP contribution is -2.53. The Balaban J connectivity index is 1.54. The minimum atomic E-state index is 0.0661. The number of hydrogen-bond acceptors (Lipinski definition) is 3. The Morgan fingerprint density at radius 2 is 1.94 bits per heavy atom. The van der Waals surface area contributed by atoms with Gasteiger partial charge in [-0.2, -0.15) is 0 Å². The van der Waals surface area contributed by atoms with E-state index in [1.54, 1.807) is 0 Å². The highest BCUT2D eigenvalue weighted by molar-refractivity contribution is 5.82. The van der Waals surface area contributed by atoms with E-state index in [-0.39, 0.29) is 11.9 Å². The zero-order valence-electron chi connectivity index (χ0n) is 11.2. The van der Waals surface area contributed by atoms with Crippen LogP contribution in [0.5, 0.6) is 0 Å². The number of nitrogens with one attached hydrogen (secondary N) is 2. The van der Waals surface area contributed by atoms with Crippen LogP contribution in [-0.2, 0) is 4.79 Å². The van der Waals surface area contributed by atoms with E-state index in [1.807, 2.05) is 0 Å². The van der Waals surface area contributed by atoms with Crippen molar-refractivity contribution in [1.82, 2.24) is 15.5 Å². The molecule has 0 bridgehead atoms. The van der Waals surface area contributed by atoms with E-state index in [9.17, 15) is 4.79 Å². The summed E-state index contributed by atoms with van der Waals surface area (Å²) in [6.07, 6.45) is 8.48. The first-order valence-electron chi connectivity index (χ1n) is 7.62. The van der Waals surface area contributed by atoms with Gasteiger partial charge in [0.15, 0.2) is 0 Å². The molecular weight excluding hydrogens is 226 g/mol. The van der Waals surface area contributed by atoms with Crippen LogP contribution in [0, 0.1) is 0 Å². The molecule has 3 aliphatic rings. The highest BCUT2D eigenvalue weighted by Crippen LogP contribution is 2.27. The maximum absolute atomic E-state index is 12.2. The van der Waals surface area contributed by atoms with Gasteiger partial charge in [0, 0.05) is 18.6 Å². The molecular formula is C14H25N3O. The number of carbonyl (C=O) groups is 1. The number of carbonyl (C=O) groups excluding carboxylic acids is 1. The third-order valence-corrected chi connectivity index (χ3v) is 4.81. The van der Waals surface area contributed by atoms with Gasteiger partial charge in [-0.05, 0) is 45.2 Å². The highest BCUT2D eigenvalue weighted by Gasteiger charge is 2.37. The lowest BCUT2D eigenvalue weighted by Gasteiger charge is -2.33. The molecule has 4 heteroatoms. The van der Waals surface area contributed by atoms with Crippen molar-refractivity contribution in [3.8, 4) is 0 Å². The van der Waals surface area contributed by atoms with Crippen LogP contribution >= 0.6 is 0 Å². The smallest absolute Gasteiger partial charge is 0.237 e. The molecule has 0 aromatic rings. The third kappa shape index (κ3) is 2.54. The predicted molar refractivity (Wildman–Crippen MR) is 71.4 cm³/mol. The van der Waals surface area contributed by atoms with Gasteiger partial charge in [-0.1, -0.05) is 12.8 Å². The molecule has 3 heterocycles. The molecule has 3 saturated heterocycles. The Morgan fingerprint density at radius 1 is 1.06 bits per heavy atom. The number of amides is 1. The second-order valence-electron chi connectivity index (χ2n) is 6.01. The van der Waals surface area contributed by atoms with Crippen molar-refractivity contribution >= 4 is 5.91 Å². The average molecular weight is 251 g/mol. The van der Waals surface area contributed by atoms with Crippen molar-refractivity contribution in [3.63, 3.8) is 0 Å². The Hall–Kier alpha value is -0.610. The van der Waals surface area contributed by atoms with E-state index in [0.717, 1.165) is 19.4 Å². The molecule has 0 radical (unpaired) electrons. The number of hydrogen-bond donors (Lipinski definition) is 2. The molecule has 0 saturated carbocycles. The summed E-state index contributed by atoms with van der Waals surface area (Å²) in [5.74, 6) is 0.243. The maximum Gasteiger partial charge on any atom is 0.237 e. The lowest BCUT2D eigenvalue weighted by molar-refractivity contribution is -0.124. The molecule has 0 aromatic heterocycles. The summed E-state index contributed by atoms with van der Waals surface area (Å²) >= 11 is 0. The van der Waals surface area contributed by atoms with Gasteiger partial charge in [-0.15, -0.1) is 0 Å². The molecule has 2 N–H and O–H groups in total. The Bertz CT molecular complexity index is 301. The van der Waals surface area contributed by atoms with E-state index in [1.165, 1.54) is 45.2 Å². The average Bonchev–Trinajstić information content (AvgIpc) is 2.83. The number of rotatable bonds is 2. The summed E-state index contributed by atoms with van der Waals surface area (Å²) in [7, 11) is 0. The lowest BCUT2D eigenvalue weighted by atomic mass is 9.98. The van der Waals surface area contributed by atoms with Gasteiger partial charge < -0.3 is 10.6 Å². The van der Waals surface area contributed by atoms with Gasteiger partial charge in [0.2, 0.25) is 5.91 Å². The van der Waals surface area contributed by atoms with Crippen LogP contribution < -0.4 is 10.6 Å². The zero-order chi connectivity index (χ0) is 12.4. The van der Waals surface area contributed by atoms with E-state index < -0.39 is 0 Å². The van der Waals surface area contributed by atoms with E-state index in [2.05, 4.69) is 15.5 Å². The van der Waals surface area contributed by atoms with Crippen molar-refractivity contribution in [2.24, 2.45) is 0 Å². The summed E-state index contributed by atoms with van der Waals surface area (Å²) in [4.78, 5) is 14.8. The fourth-order valence-corrected chi connectivity index (χ4v) is 3.77. The van der Waals surface area contributed by atoms with Crippen LogP contribution in [0.3, 0.4) is 0 Å². The largest absolute Gasteiger partial charge is 0.350 e. The van der Waals surface area contributed by atoms with Crippen LogP contribution in [0.2, 0.25) is 0 Å². The predicted octanol–water partition coefficient (Wildman–Crippen LogP) is 0.871. The molecule has 2 unspecified atom stereocenters. The zero-order valence-corrected chi connectivity index (χ0v) is 11.2. The van der Waals surface area contributed by atoms with Crippen molar-refractivity contribution in [1.29, 1.82) is 0 Å². The summed E-state index contributed by atoms with van der Waals surface area (Å²) in [6.45, 7) is 3.41. The highest BCUT2D eigenvalue weighted by atomic mass is 16.2. The standard InChI is InChI=1S/C14H25N3O/c18-14(12-5-1-3-8-15-12)16-11-7-10-17-9-4-2-6-13(11)17/h11-13,15H,1-10H2,(H,16,18)/t11?,12-,13?/m0/s1. The molecule has 102 valence electrons. The van der Waals surface area contributed by atoms with Crippen molar-refractivity contribution in [2.45, 2.75) is 63.1 Å². The van der Waals surface area contributed by atoms with Gasteiger partial charge in [-0.25, -0.2) is 0 Å². The molecule has 3 atom stereocenters. The number of fused-ring (bicyclic) bond motifs is 1. The summed E-state index contributed by atoms with van der Waals surface area (Å²) in [5, 5.41) is 6.64. The van der Waals surface area contributed by atoms with Crippen molar-refractivity contribution < 1.29 is 4.79 Å². The molecule has 1 amide bonds. The van der Waals surface area contributed by atoms with Crippen LogP contribution in [0.15, 0.2) is 0 Å². The summed E-state index contributed by atoms with van der Waals surface area (Å²) in [5.41, 5.74) is 0. The number of nitrogens with zero attached hydrogens (tertiary/aromatic N) is 1. The van der Waals surface area contributed by atoms with E-state index >= 15 is 0 Å². The van der Waals surface area contributed by atoms with Gasteiger partial charge >= 0.3 is 0 Å². The second kappa shape index (κ2) is 5.57. The molecule has 0 aromatic carbocycles. The van der Waals surface area contributed by atoms with Crippen molar-refractivity contribution in [3.05, 3.63) is 0 Å². The molecule has 0 spiro atoms. The topological polar surface area (TPSA) is 44.4 Å². The van der Waals surface area contributed by atoms with Crippen LogP contribution in [0.25, 0.3) is 0 Å². The van der Waals surface area contributed by atoms with Gasteiger partial charge in [0.05, 0.1) is 6.04 Å². The minimum Gasteiger partial charge on any atom is -0.350 e. The molecule has 18 heavy (non-hydrogen) atoms.